The van der Waals surface area contributed by atoms with Gasteiger partial charge in [0.25, 0.3) is 5.91 Å². The molecule has 0 radical (unpaired) electrons. The van der Waals surface area contributed by atoms with Gasteiger partial charge in [0.1, 0.15) is 5.75 Å². The molecule has 2 rings (SSSR count). The van der Waals surface area contributed by atoms with Crippen LogP contribution in [-0.4, -0.2) is 23.4 Å². The summed E-state index contributed by atoms with van der Waals surface area (Å²) in [5, 5.41) is 3.61. The number of amides is 1. The van der Waals surface area contributed by atoms with Gasteiger partial charge < -0.3 is 10.1 Å². The molecule has 21 heavy (non-hydrogen) atoms. The van der Waals surface area contributed by atoms with E-state index >= 15 is 0 Å². The van der Waals surface area contributed by atoms with Crippen LogP contribution in [0.15, 0.2) is 24.3 Å². The van der Waals surface area contributed by atoms with E-state index in [1.165, 1.54) is 6.42 Å². The topological polar surface area (TPSA) is 38.3 Å². The summed E-state index contributed by atoms with van der Waals surface area (Å²) in [4.78, 5) is 12.2. The molecule has 3 atom stereocenters. The van der Waals surface area contributed by atoms with Crippen LogP contribution in [0.4, 0.5) is 0 Å². The van der Waals surface area contributed by atoms with Crippen molar-refractivity contribution in [3.8, 4) is 5.75 Å². The van der Waals surface area contributed by atoms with E-state index in [9.17, 15) is 4.79 Å². The molecule has 0 saturated heterocycles. The molecule has 1 aliphatic rings. The maximum atomic E-state index is 12.2. The first-order valence-electron chi connectivity index (χ1n) is 7.43. The van der Waals surface area contributed by atoms with E-state index in [1.807, 2.05) is 0 Å². The molecule has 3 nitrogen and oxygen atoms in total. The zero-order chi connectivity index (χ0) is 15.2. The number of carbonyl (C=O) groups is 1. The standard InChI is InChI=1S/C16H21Cl2NO2/c1-11(21-13-7-5-6-12(17)10-13)16(20)19-15-9-4-2-3-8-14(15)18/h5-7,10-11,14-15H,2-4,8-9H2,1H3,(H,19,20). The molecule has 3 unspecified atom stereocenters. The van der Waals surface area contributed by atoms with Gasteiger partial charge in [-0.1, -0.05) is 36.9 Å². The number of hydrogen-bond acceptors (Lipinski definition) is 2. The van der Waals surface area contributed by atoms with E-state index in [4.69, 9.17) is 27.9 Å². The van der Waals surface area contributed by atoms with E-state index in [0.717, 1.165) is 25.7 Å². The third-order valence-corrected chi connectivity index (χ3v) is 4.49. The van der Waals surface area contributed by atoms with Gasteiger partial charge in [0.2, 0.25) is 0 Å². The third-order valence-electron chi connectivity index (χ3n) is 3.74. The molecule has 0 aliphatic heterocycles. The van der Waals surface area contributed by atoms with Crippen LogP contribution < -0.4 is 10.1 Å². The van der Waals surface area contributed by atoms with E-state index in [2.05, 4.69) is 5.32 Å². The first-order valence-corrected chi connectivity index (χ1v) is 8.24. The van der Waals surface area contributed by atoms with Crippen LogP contribution in [0.25, 0.3) is 0 Å². The van der Waals surface area contributed by atoms with Crippen LogP contribution in [0.1, 0.15) is 39.0 Å². The Balaban J connectivity index is 1.89. The highest BCUT2D eigenvalue weighted by Crippen LogP contribution is 2.23. The number of halogens is 2. The fourth-order valence-corrected chi connectivity index (χ4v) is 3.05. The number of benzene rings is 1. The molecule has 5 heteroatoms. The second kappa shape index (κ2) is 7.90. The molecule has 1 N–H and O–H groups in total. The first-order chi connectivity index (χ1) is 10.1. The van der Waals surface area contributed by atoms with Gasteiger partial charge in [0.05, 0.1) is 5.38 Å². The molecule has 1 fully saturated rings. The summed E-state index contributed by atoms with van der Waals surface area (Å²) in [5.74, 6) is 0.459. The van der Waals surface area contributed by atoms with Crippen molar-refractivity contribution in [3.05, 3.63) is 29.3 Å². The molecule has 1 aliphatic carbocycles. The van der Waals surface area contributed by atoms with Crippen molar-refractivity contribution in [1.82, 2.24) is 5.32 Å². The average Bonchev–Trinajstić information content (AvgIpc) is 2.64. The molecule has 1 aromatic carbocycles. The lowest BCUT2D eigenvalue weighted by molar-refractivity contribution is -0.128. The highest BCUT2D eigenvalue weighted by molar-refractivity contribution is 6.30. The smallest absolute Gasteiger partial charge is 0.261 e. The van der Waals surface area contributed by atoms with Crippen LogP contribution in [0.5, 0.6) is 5.75 Å². The average molecular weight is 330 g/mol. The molecular formula is C16H21Cl2NO2. The Kier molecular flexibility index (Phi) is 6.19. The highest BCUT2D eigenvalue weighted by Gasteiger charge is 2.25. The SMILES string of the molecule is CC(Oc1cccc(Cl)c1)C(=O)NC1CCCCCC1Cl. The second-order valence-corrected chi connectivity index (χ2v) is 6.48. The summed E-state index contributed by atoms with van der Waals surface area (Å²) in [6, 6.07) is 7.07. The van der Waals surface area contributed by atoms with Gasteiger partial charge in [-0.2, -0.15) is 0 Å². The molecule has 0 heterocycles. The fourth-order valence-electron chi connectivity index (χ4n) is 2.52. The third kappa shape index (κ3) is 5.08. The van der Waals surface area contributed by atoms with Gasteiger partial charge in [-0.3, -0.25) is 4.79 Å². The molecule has 0 aromatic heterocycles. The van der Waals surface area contributed by atoms with Gasteiger partial charge in [-0.15, -0.1) is 11.6 Å². The van der Waals surface area contributed by atoms with Gasteiger partial charge >= 0.3 is 0 Å². The molecular weight excluding hydrogens is 309 g/mol. The highest BCUT2D eigenvalue weighted by atomic mass is 35.5. The zero-order valence-corrected chi connectivity index (χ0v) is 13.7. The van der Waals surface area contributed by atoms with Crippen molar-refractivity contribution in [3.63, 3.8) is 0 Å². The maximum absolute atomic E-state index is 12.2. The minimum Gasteiger partial charge on any atom is -0.481 e. The summed E-state index contributed by atoms with van der Waals surface area (Å²) in [5.41, 5.74) is 0. The maximum Gasteiger partial charge on any atom is 0.261 e. The summed E-state index contributed by atoms with van der Waals surface area (Å²) in [6.45, 7) is 1.73. The Morgan fingerprint density at radius 2 is 2.10 bits per heavy atom. The first kappa shape index (κ1) is 16.4. The minimum atomic E-state index is -0.574. The lowest BCUT2D eigenvalue weighted by atomic mass is 10.1. The van der Waals surface area contributed by atoms with Crippen LogP contribution in [0.2, 0.25) is 5.02 Å². The predicted molar refractivity (Wildman–Crippen MR) is 86.2 cm³/mol. The van der Waals surface area contributed by atoms with Gasteiger partial charge in [0.15, 0.2) is 6.10 Å². The predicted octanol–water partition coefficient (Wildman–Crippen LogP) is 4.16. The van der Waals surface area contributed by atoms with E-state index in [1.54, 1.807) is 31.2 Å². The fraction of sp³-hybridized carbons (Fsp3) is 0.562. The van der Waals surface area contributed by atoms with Gasteiger partial charge in [0, 0.05) is 11.1 Å². The number of rotatable bonds is 4. The summed E-state index contributed by atoms with van der Waals surface area (Å²) >= 11 is 12.2. The Bertz CT molecular complexity index is 481. The van der Waals surface area contributed by atoms with Crippen LogP contribution in [-0.2, 0) is 4.79 Å². The number of ether oxygens (including phenoxy) is 1. The molecule has 1 amide bonds. The van der Waals surface area contributed by atoms with Crippen LogP contribution in [0.3, 0.4) is 0 Å². The Morgan fingerprint density at radius 1 is 1.33 bits per heavy atom. The summed E-state index contributed by atoms with van der Waals surface area (Å²) < 4.78 is 5.63. The van der Waals surface area contributed by atoms with Crippen molar-refractivity contribution in [1.29, 1.82) is 0 Å². The van der Waals surface area contributed by atoms with Crippen molar-refractivity contribution in [2.24, 2.45) is 0 Å². The Labute approximate surface area is 136 Å². The molecule has 116 valence electrons. The molecule has 1 aromatic rings. The Morgan fingerprint density at radius 3 is 2.86 bits per heavy atom. The minimum absolute atomic E-state index is 0.00909. The monoisotopic (exact) mass is 329 g/mol. The largest absolute Gasteiger partial charge is 0.481 e. The summed E-state index contributed by atoms with van der Waals surface area (Å²) in [6.07, 6.45) is 4.74. The lowest BCUT2D eigenvalue weighted by Gasteiger charge is -2.23. The summed E-state index contributed by atoms with van der Waals surface area (Å²) in [7, 11) is 0. The number of hydrogen-bond donors (Lipinski definition) is 1. The number of alkyl halides is 1. The molecule has 1 saturated carbocycles. The number of carbonyl (C=O) groups excluding carboxylic acids is 1. The van der Waals surface area contributed by atoms with Crippen molar-refractivity contribution in [2.45, 2.75) is 56.6 Å². The number of nitrogens with one attached hydrogen (secondary N) is 1. The van der Waals surface area contributed by atoms with Gasteiger partial charge in [-0.05, 0) is 38.0 Å². The molecule has 0 spiro atoms. The van der Waals surface area contributed by atoms with Crippen molar-refractivity contribution >= 4 is 29.1 Å². The lowest BCUT2D eigenvalue weighted by Crippen LogP contribution is -2.46. The van der Waals surface area contributed by atoms with E-state index < -0.39 is 6.10 Å². The molecule has 0 bridgehead atoms. The van der Waals surface area contributed by atoms with Crippen LogP contribution >= 0.6 is 23.2 Å². The van der Waals surface area contributed by atoms with E-state index in [0.29, 0.717) is 10.8 Å². The zero-order valence-electron chi connectivity index (χ0n) is 12.1. The quantitative estimate of drug-likeness (QED) is 0.665. The van der Waals surface area contributed by atoms with Crippen molar-refractivity contribution < 1.29 is 9.53 Å². The normalized spacial score (nSPS) is 24.0. The Hall–Kier alpha value is -0.930. The van der Waals surface area contributed by atoms with Crippen molar-refractivity contribution in [2.75, 3.05) is 0 Å². The van der Waals surface area contributed by atoms with Crippen LogP contribution in [0, 0.1) is 0 Å². The second-order valence-electron chi connectivity index (χ2n) is 5.49. The van der Waals surface area contributed by atoms with E-state index in [-0.39, 0.29) is 17.3 Å². The van der Waals surface area contributed by atoms with Gasteiger partial charge in [-0.25, -0.2) is 0 Å².